The van der Waals surface area contributed by atoms with Gasteiger partial charge in [-0.2, -0.15) is 5.10 Å². The summed E-state index contributed by atoms with van der Waals surface area (Å²) in [7, 11) is 1.66. The van der Waals surface area contributed by atoms with E-state index in [1.54, 1.807) is 31.8 Å². The van der Waals surface area contributed by atoms with Crippen LogP contribution in [0, 0.1) is 11.8 Å². The summed E-state index contributed by atoms with van der Waals surface area (Å²) < 4.78 is 10.8. The van der Waals surface area contributed by atoms with Crippen molar-refractivity contribution in [2.75, 3.05) is 25.2 Å². The predicted octanol–water partition coefficient (Wildman–Crippen LogP) is 3.76. The van der Waals surface area contributed by atoms with Gasteiger partial charge in [0.2, 0.25) is 5.95 Å². The first-order chi connectivity index (χ1) is 18.2. The second-order valence-corrected chi connectivity index (χ2v) is 8.56. The van der Waals surface area contributed by atoms with Crippen LogP contribution in [0.2, 0.25) is 0 Å². The van der Waals surface area contributed by atoms with Crippen molar-refractivity contribution >= 4 is 16.9 Å². The molecule has 37 heavy (non-hydrogen) atoms. The number of hydrogen-bond donors (Lipinski definition) is 1. The molecular formula is C28H23N7O2. The quantitative estimate of drug-likeness (QED) is 0.284. The Hall–Kier alpha value is -4.81. The van der Waals surface area contributed by atoms with Crippen LogP contribution >= 0.6 is 0 Å². The molecule has 2 aromatic carbocycles. The summed E-state index contributed by atoms with van der Waals surface area (Å²) >= 11 is 0. The van der Waals surface area contributed by atoms with Crippen molar-refractivity contribution in [3.05, 3.63) is 89.5 Å². The molecule has 5 aromatic rings. The smallest absolute Gasteiger partial charge is 0.226 e. The summed E-state index contributed by atoms with van der Waals surface area (Å²) in [6, 6.07) is 15.7. The van der Waals surface area contributed by atoms with E-state index in [-0.39, 0.29) is 0 Å². The molecule has 0 atom stereocenters. The van der Waals surface area contributed by atoms with Crippen LogP contribution in [0.5, 0.6) is 5.75 Å². The molecule has 0 spiro atoms. The van der Waals surface area contributed by atoms with Gasteiger partial charge in [0.05, 0.1) is 18.3 Å². The van der Waals surface area contributed by atoms with E-state index < -0.39 is 0 Å². The van der Waals surface area contributed by atoms with Gasteiger partial charge in [-0.1, -0.05) is 12.0 Å². The van der Waals surface area contributed by atoms with Crippen LogP contribution in [-0.2, 0) is 17.8 Å². The van der Waals surface area contributed by atoms with Crippen molar-refractivity contribution in [1.82, 2.24) is 30.1 Å². The molecule has 182 valence electrons. The van der Waals surface area contributed by atoms with Gasteiger partial charge in [0, 0.05) is 43.5 Å². The maximum atomic E-state index is 5.76. The Morgan fingerprint density at radius 2 is 1.84 bits per heavy atom. The molecule has 0 saturated carbocycles. The number of hydrogen-bond acceptors (Lipinski definition) is 8. The Balaban J connectivity index is 1.19. The minimum Gasteiger partial charge on any atom is -0.491 e. The zero-order valence-electron chi connectivity index (χ0n) is 20.2. The fourth-order valence-corrected chi connectivity index (χ4v) is 4.18. The van der Waals surface area contributed by atoms with Gasteiger partial charge in [-0.15, -0.1) is 0 Å². The summed E-state index contributed by atoms with van der Waals surface area (Å²) in [6.45, 7) is 2.51. The molecule has 0 unspecified atom stereocenters. The predicted molar refractivity (Wildman–Crippen MR) is 139 cm³/mol. The molecular weight excluding hydrogens is 466 g/mol. The molecule has 1 aliphatic heterocycles. The molecule has 0 aliphatic carbocycles. The van der Waals surface area contributed by atoms with Gasteiger partial charge in [0.1, 0.15) is 23.7 Å². The van der Waals surface area contributed by atoms with Gasteiger partial charge < -0.3 is 14.4 Å². The molecule has 9 heteroatoms. The summed E-state index contributed by atoms with van der Waals surface area (Å²) in [6.07, 6.45) is 5.22. The first-order valence-electron chi connectivity index (χ1n) is 11.9. The number of methoxy groups -OCH3 is 1. The number of nitrogens with one attached hydrogen (secondary N) is 1. The van der Waals surface area contributed by atoms with Gasteiger partial charge in [-0.3, -0.25) is 5.10 Å². The number of anilines is 1. The highest BCUT2D eigenvalue weighted by molar-refractivity contribution is 5.79. The third-order valence-corrected chi connectivity index (χ3v) is 6.04. The molecule has 9 nitrogen and oxygen atoms in total. The van der Waals surface area contributed by atoms with Crippen molar-refractivity contribution in [3.63, 3.8) is 0 Å². The largest absolute Gasteiger partial charge is 0.491 e. The van der Waals surface area contributed by atoms with E-state index in [1.165, 1.54) is 11.1 Å². The number of ether oxygens (including phenoxy) is 2. The Morgan fingerprint density at radius 3 is 2.78 bits per heavy atom. The highest BCUT2D eigenvalue weighted by atomic mass is 16.5. The van der Waals surface area contributed by atoms with Crippen LogP contribution in [0.25, 0.3) is 22.4 Å². The zero-order valence-corrected chi connectivity index (χ0v) is 20.2. The van der Waals surface area contributed by atoms with Gasteiger partial charge in [0.15, 0.2) is 5.82 Å². The Labute approximate surface area is 213 Å². The summed E-state index contributed by atoms with van der Waals surface area (Å²) in [4.78, 5) is 20.4. The van der Waals surface area contributed by atoms with Crippen molar-refractivity contribution < 1.29 is 9.47 Å². The highest BCUT2D eigenvalue weighted by Gasteiger charge is 2.22. The normalized spacial score (nSPS) is 12.3. The maximum Gasteiger partial charge on any atom is 0.226 e. The number of fused-ring (bicyclic) bond motifs is 2. The molecule has 4 heterocycles. The van der Waals surface area contributed by atoms with E-state index in [0.29, 0.717) is 42.9 Å². The minimum absolute atomic E-state index is 0.506. The van der Waals surface area contributed by atoms with Crippen molar-refractivity contribution in [2.45, 2.75) is 13.1 Å². The monoisotopic (exact) mass is 489 g/mol. The Morgan fingerprint density at radius 1 is 0.919 bits per heavy atom. The lowest BCUT2D eigenvalue weighted by molar-refractivity contribution is 0.146. The van der Waals surface area contributed by atoms with Gasteiger partial charge in [-0.05, 0) is 59.5 Å². The number of nitrogens with zero attached hydrogens (tertiary/aromatic N) is 6. The van der Waals surface area contributed by atoms with Crippen LogP contribution in [0.3, 0.4) is 0 Å². The number of rotatable bonds is 6. The lowest BCUT2D eigenvalue weighted by atomic mass is 10.1. The SMILES string of the molecule is COCCOc1ccc2c(c1)CN(c1nccc(-c3nccc(C#Cc4ccc5[nH]ncc5c4)n3)n1)C2. The van der Waals surface area contributed by atoms with Crippen LogP contribution in [0.1, 0.15) is 22.4 Å². The van der Waals surface area contributed by atoms with Crippen molar-refractivity contribution in [3.8, 4) is 29.1 Å². The Bertz CT molecular complexity index is 1640. The molecule has 0 fully saturated rings. The van der Waals surface area contributed by atoms with Gasteiger partial charge in [-0.25, -0.2) is 19.9 Å². The number of H-pyrrole nitrogens is 1. The van der Waals surface area contributed by atoms with Crippen LogP contribution < -0.4 is 9.64 Å². The summed E-state index contributed by atoms with van der Waals surface area (Å²) in [5.41, 5.74) is 5.56. The van der Waals surface area contributed by atoms with E-state index in [9.17, 15) is 0 Å². The molecule has 6 rings (SSSR count). The first kappa shape index (κ1) is 22.6. The van der Waals surface area contributed by atoms with Crippen LogP contribution in [0.15, 0.2) is 67.1 Å². The lowest BCUT2D eigenvalue weighted by Gasteiger charge is -2.15. The summed E-state index contributed by atoms with van der Waals surface area (Å²) in [5, 5.41) is 8.01. The standard InChI is InChI=1S/C28H23N7O2/c1-36-12-13-37-24-6-4-20-17-35(18-22(20)15-24)28-30-11-9-26(33-28)27-29-10-8-23(32-27)5-2-19-3-7-25-21(14-19)16-31-34-25/h3-4,6-11,14-16H,12-13,17-18H2,1H3,(H,31,34). The molecule has 0 radical (unpaired) electrons. The van der Waals surface area contributed by atoms with E-state index in [4.69, 9.17) is 14.5 Å². The fraction of sp³-hybridized carbons (Fsp3) is 0.179. The van der Waals surface area contributed by atoms with E-state index in [2.05, 4.69) is 54.0 Å². The lowest BCUT2D eigenvalue weighted by Crippen LogP contribution is -2.17. The van der Waals surface area contributed by atoms with Gasteiger partial charge in [0.25, 0.3) is 0 Å². The van der Waals surface area contributed by atoms with E-state index >= 15 is 0 Å². The third-order valence-electron chi connectivity index (χ3n) is 6.04. The topological polar surface area (TPSA) is 102 Å². The molecule has 3 aromatic heterocycles. The summed E-state index contributed by atoms with van der Waals surface area (Å²) in [5.74, 6) is 8.27. The van der Waals surface area contributed by atoms with Crippen LogP contribution in [-0.4, -0.2) is 50.5 Å². The number of aromatic amines is 1. The molecule has 1 N–H and O–H groups in total. The first-order valence-corrected chi connectivity index (χ1v) is 11.9. The minimum atomic E-state index is 0.506. The number of benzene rings is 2. The van der Waals surface area contributed by atoms with Crippen LogP contribution in [0.4, 0.5) is 5.95 Å². The Kier molecular flexibility index (Phi) is 6.15. The van der Waals surface area contributed by atoms with E-state index in [0.717, 1.165) is 28.8 Å². The zero-order chi connectivity index (χ0) is 25.0. The highest BCUT2D eigenvalue weighted by Crippen LogP contribution is 2.29. The second-order valence-electron chi connectivity index (χ2n) is 8.56. The van der Waals surface area contributed by atoms with Crippen molar-refractivity contribution in [1.29, 1.82) is 0 Å². The van der Waals surface area contributed by atoms with Crippen molar-refractivity contribution in [2.24, 2.45) is 0 Å². The molecule has 0 bridgehead atoms. The average molecular weight is 490 g/mol. The van der Waals surface area contributed by atoms with E-state index in [1.807, 2.05) is 30.3 Å². The molecule has 0 amide bonds. The molecule has 0 saturated heterocycles. The fourth-order valence-electron chi connectivity index (χ4n) is 4.18. The maximum absolute atomic E-state index is 5.76. The average Bonchev–Trinajstić information content (AvgIpc) is 3.59. The molecule has 1 aliphatic rings. The third kappa shape index (κ3) is 4.96. The second kappa shape index (κ2) is 10.0. The number of aromatic nitrogens is 6. The van der Waals surface area contributed by atoms with Gasteiger partial charge >= 0.3 is 0 Å².